The Hall–Kier alpha value is -3.12. The zero-order valence-electron chi connectivity index (χ0n) is 14.5. The topological polar surface area (TPSA) is 76.1 Å². The Morgan fingerprint density at radius 2 is 1.62 bits per heavy atom. The smallest absolute Gasteiger partial charge is 0.330 e. The van der Waals surface area contributed by atoms with Gasteiger partial charge < -0.3 is 10.1 Å². The molecular weight excluding hydrogens is 330 g/mol. The van der Waals surface area contributed by atoms with Gasteiger partial charge in [0.1, 0.15) is 11.9 Å². The molecule has 0 bridgehead atoms. The standard InChI is InChI=1S/C20H21N3O3/c1-15(26-14-17-10-6-3-7-11-17)23-13-18(19(24)22-20(23)25)21-12-16-8-4-2-5-9-16/h2-11,13,15,21H,12,14H2,1H3,(H,22,24,25)/t15-/m1/s1. The fourth-order valence-corrected chi connectivity index (χ4v) is 2.55. The first kappa shape index (κ1) is 17.7. The molecule has 2 aromatic carbocycles. The lowest BCUT2D eigenvalue weighted by Gasteiger charge is -2.17. The number of hydrogen-bond donors (Lipinski definition) is 2. The molecule has 0 saturated heterocycles. The van der Waals surface area contributed by atoms with E-state index >= 15 is 0 Å². The van der Waals surface area contributed by atoms with Gasteiger partial charge in [0.2, 0.25) is 0 Å². The highest BCUT2D eigenvalue weighted by Gasteiger charge is 2.11. The lowest BCUT2D eigenvalue weighted by molar-refractivity contribution is 0.000938. The van der Waals surface area contributed by atoms with E-state index in [2.05, 4.69) is 10.3 Å². The van der Waals surface area contributed by atoms with E-state index in [1.54, 1.807) is 6.92 Å². The van der Waals surface area contributed by atoms with Gasteiger partial charge in [-0.3, -0.25) is 14.3 Å². The number of benzene rings is 2. The highest BCUT2D eigenvalue weighted by Crippen LogP contribution is 2.11. The van der Waals surface area contributed by atoms with Crippen molar-refractivity contribution in [1.82, 2.24) is 9.55 Å². The first-order valence-electron chi connectivity index (χ1n) is 8.42. The number of hydrogen-bond acceptors (Lipinski definition) is 4. The molecule has 0 aliphatic rings. The third kappa shape index (κ3) is 4.49. The fourth-order valence-electron chi connectivity index (χ4n) is 2.55. The maximum absolute atomic E-state index is 12.1. The number of H-pyrrole nitrogens is 1. The largest absolute Gasteiger partial charge is 0.375 e. The Labute approximate surface area is 151 Å². The molecule has 1 heterocycles. The molecule has 1 aromatic heterocycles. The van der Waals surface area contributed by atoms with Gasteiger partial charge in [-0.15, -0.1) is 0 Å². The second-order valence-electron chi connectivity index (χ2n) is 5.94. The van der Waals surface area contributed by atoms with Crippen LogP contribution in [0.15, 0.2) is 76.4 Å². The summed E-state index contributed by atoms with van der Waals surface area (Å²) >= 11 is 0. The van der Waals surface area contributed by atoms with Crippen molar-refractivity contribution in [1.29, 1.82) is 0 Å². The molecule has 0 aliphatic carbocycles. The average molecular weight is 351 g/mol. The molecule has 134 valence electrons. The summed E-state index contributed by atoms with van der Waals surface area (Å²) in [7, 11) is 0. The van der Waals surface area contributed by atoms with Crippen LogP contribution in [0, 0.1) is 0 Å². The van der Waals surface area contributed by atoms with E-state index in [-0.39, 0.29) is 0 Å². The van der Waals surface area contributed by atoms with Crippen molar-refractivity contribution in [3.05, 3.63) is 98.8 Å². The van der Waals surface area contributed by atoms with Crippen molar-refractivity contribution in [2.24, 2.45) is 0 Å². The van der Waals surface area contributed by atoms with Crippen LogP contribution in [0.2, 0.25) is 0 Å². The number of nitrogens with one attached hydrogen (secondary N) is 2. The third-order valence-corrected chi connectivity index (χ3v) is 4.02. The van der Waals surface area contributed by atoms with Crippen LogP contribution >= 0.6 is 0 Å². The summed E-state index contributed by atoms with van der Waals surface area (Å²) < 4.78 is 7.14. The van der Waals surface area contributed by atoms with Crippen molar-refractivity contribution in [2.75, 3.05) is 5.32 Å². The zero-order chi connectivity index (χ0) is 18.4. The minimum atomic E-state index is -0.517. The van der Waals surface area contributed by atoms with Crippen LogP contribution in [0.1, 0.15) is 24.3 Å². The SMILES string of the molecule is C[C@@H](OCc1ccccc1)n1cc(NCc2ccccc2)c(=O)[nH]c1=O. The predicted molar refractivity (Wildman–Crippen MR) is 101 cm³/mol. The third-order valence-electron chi connectivity index (χ3n) is 4.02. The van der Waals surface area contributed by atoms with Crippen LogP contribution in [0.5, 0.6) is 0 Å². The number of anilines is 1. The summed E-state index contributed by atoms with van der Waals surface area (Å²) in [6.07, 6.45) is 0.983. The van der Waals surface area contributed by atoms with Crippen molar-refractivity contribution < 1.29 is 4.74 Å². The Balaban J connectivity index is 1.72. The lowest BCUT2D eigenvalue weighted by atomic mass is 10.2. The van der Waals surface area contributed by atoms with E-state index in [1.807, 2.05) is 60.7 Å². The molecule has 0 aliphatic heterocycles. The molecule has 0 fully saturated rings. The lowest BCUT2D eigenvalue weighted by Crippen LogP contribution is -2.33. The summed E-state index contributed by atoms with van der Waals surface area (Å²) in [6.45, 7) is 2.63. The number of aromatic amines is 1. The molecule has 1 atom stereocenters. The van der Waals surface area contributed by atoms with Gasteiger partial charge in [0.05, 0.1) is 6.61 Å². The van der Waals surface area contributed by atoms with Gasteiger partial charge in [-0.05, 0) is 18.1 Å². The summed E-state index contributed by atoms with van der Waals surface area (Å²) in [6, 6.07) is 19.4. The minimum absolute atomic E-state index is 0.323. The normalized spacial score (nSPS) is 11.9. The highest BCUT2D eigenvalue weighted by atomic mass is 16.5. The maximum atomic E-state index is 12.1. The molecule has 3 aromatic rings. The van der Waals surface area contributed by atoms with Crippen molar-refractivity contribution >= 4 is 5.69 Å². The van der Waals surface area contributed by atoms with Gasteiger partial charge in [0.25, 0.3) is 5.56 Å². The Bertz CT molecular complexity index is 949. The van der Waals surface area contributed by atoms with Crippen molar-refractivity contribution in [2.45, 2.75) is 26.3 Å². The van der Waals surface area contributed by atoms with Gasteiger partial charge in [-0.2, -0.15) is 0 Å². The monoisotopic (exact) mass is 351 g/mol. The van der Waals surface area contributed by atoms with E-state index in [9.17, 15) is 9.59 Å². The Kier molecular flexibility index (Phi) is 5.66. The number of nitrogens with zero attached hydrogens (tertiary/aromatic N) is 1. The summed E-state index contributed by atoms with van der Waals surface area (Å²) in [4.78, 5) is 26.5. The van der Waals surface area contributed by atoms with E-state index in [0.717, 1.165) is 11.1 Å². The van der Waals surface area contributed by atoms with E-state index in [4.69, 9.17) is 4.74 Å². The summed E-state index contributed by atoms with van der Waals surface area (Å²) in [5.74, 6) is 0. The zero-order valence-corrected chi connectivity index (χ0v) is 14.5. The quantitative estimate of drug-likeness (QED) is 0.686. The van der Waals surface area contributed by atoms with Crippen LogP contribution in [0.4, 0.5) is 5.69 Å². The van der Waals surface area contributed by atoms with Crippen LogP contribution in [-0.2, 0) is 17.9 Å². The Morgan fingerprint density at radius 3 is 2.27 bits per heavy atom. The second kappa shape index (κ2) is 8.31. The number of aromatic nitrogens is 2. The van der Waals surface area contributed by atoms with Crippen LogP contribution in [-0.4, -0.2) is 9.55 Å². The van der Waals surface area contributed by atoms with E-state index < -0.39 is 17.5 Å². The molecule has 26 heavy (non-hydrogen) atoms. The van der Waals surface area contributed by atoms with Crippen LogP contribution < -0.4 is 16.6 Å². The highest BCUT2D eigenvalue weighted by molar-refractivity contribution is 5.39. The average Bonchev–Trinajstić information content (AvgIpc) is 2.67. The Morgan fingerprint density at radius 1 is 1.00 bits per heavy atom. The van der Waals surface area contributed by atoms with Crippen LogP contribution in [0.25, 0.3) is 0 Å². The molecule has 0 saturated carbocycles. The molecule has 0 radical (unpaired) electrons. The summed E-state index contributed by atoms with van der Waals surface area (Å²) in [5, 5.41) is 3.07. The van der Waals surface area contributed by atoms with Gasteiger partial charge in [0.15, 0.2) is 0 Å². The van der Waals surface area contributed by atoms with E-state index in [0.29, 0.717) is 18.8 Å². The first-order chi connectivity index (χ1) is 12.6. The molecule has 3 rings (SSSR count). The molecule has 2 N–H and O–H groups in total. The molecular formula is C20H21N3O3. The number of ether oxygens (including phenoxy) is 1. The van der Waals surface area contributed by atoms with Crippen molar-refractivity contribution in [3.63, 3.8) is 0 Å². The predicted octanol–water partition coefficient (Wildman–Crippen LogP) is 2.88. The minimum Gasteiger partial charge on any atom is -0.375 e. The number of rotatable bonds is 7. The second-order valence-corrected chi connectivity index (χ2v) is 5.94. The van der Waals surface area contributed by atoms with Gasteiger partial charge in [-0.1, -0.05) is 60.7 Å². The first-order valence-corrected chi connectivity index (χ1v) is 8.42. The van der Waals surface area contributed by atoms with Gasteiger partial charge in [-0.25, -0.2) is 4.79 Å². The summed E-state index contributed by atoms with van der Waals surface area (Å²) in [5.41, 5.74) is 1.43. The fraction of sp³-hybridized carbons (Fsp3) is 0.200. The molecule has 6 nitrogen and oxygen atoms in total. The molecule has 0 amide bonds. The maximum Gasteiger partial charge on any atom is 0.330 e. The van der Waals surface area contributed by atoms with Gasteiger partial charge in [0, 0.05) is 12.7 Å². The van der Waals surface area contributed by atoms with E-state index in [1.165, 1.54) is 10.8 Å². The van der Waals surface area contributed by atoms with Crippen molar-refractivity contribution in [3.8, 4) is 0 Å². The molecule has 0 spiro atoms. The molecule has 0 unspecified atom stereocenters. The molecule has 6 heteroatoms. The van der Waals surface area contributed by atoms with Crippen LogP contribution in [0.3, 0.4) is 0 Å². The van der Waals surface area contributed by atoms with Gasteiger partial charge >= 0.3 is 5.69 Å².